The topological polar surface area (TPSA) is 66.5 Å². The highest BCUT2D eigenvalue weighted by atomic mass is 32.2. The van der Waals surface area contributed by atoms with Crippen LogP contribution in [0.1, 0.15) is 60.5 Å². The molecule has 3 rings (SSSR count). The lowest BCUT2D eigenvalue weighted by atomic mass is 9.89. The number of nitrogens with zero attached hydrogens (tertiary/aromatic N) is 1. The first-order valence-electron chi connectivity index (χ1n) is 10.6. The van der Waals surface area contributed by atoms with E-state index in [9.17, 15) is 13.2 Å². The summed E-state index contributed by atoms with van der Waals surface area (Å²) >= 11 is 0. The summed E-state index contributed by atoms with van der Waals surface area (Å²) in [6.45, 7) is 7.34. The van der Waals surface area contributed by atoms with Crippen LogP contribution in [0.3, 0.4) is 0 Å². The van der Waals surface area contributed by atoms with E-state index < -0.39 is 16.1 Å². The lowest BCUT2D eigenvalue weighted by molar-refractivity contribution is -0.122. The fourth-order valence-corrected chi connectivity index (χ4v) is 5.40. The normalized spacial score (nSPS) is 15.8. The number of benzene rings is 2. The predicted molar refractivity (Wildman–Crippen MR) is 122 cm³/mol. The maximum absolute atomic E-state index is 13.1. The van der Waals surface area contributed by atoms with Gasteiger partial charge in [-0.3, -0.25) is 9.10 Å². The first-order valence-corrected chi connectivity index (χ1v) is 12.4. The molecule has 0 heterocycles. The summed E-state index contributed by atoms with van der Waals surface area (Å²) in [7, 11) is -3.64. The standard InChI is InChI=1S/C24H32N2O3S/c1-16-10-11-17(2)23(14-16)26(30(5,28)29)19(4)24(27)25-18(3)21-13-12-20-8-6-7-9-22(20)15-21/h10-15,18-19H,6-9H2,1-5H3,(H,25,27)/t18-,19+/m1/s1. The van der Waals surface area contributed by atoms with E-state index in [1.54, 1.807) is 6.92 Å². The van der Waals surface area contributed by atoms with Crippen LogP contribution in [0.4, 0.5) is 5.69 Å². The molecule has 162 valence electrons. The van der Waals surface area contributed by atoms with Crippen molar-refractivity contribution in [2.24, 2.45) is 0 Å². The summed E-state index contributed by atoms with van der Waals surface area (Å²) < 4.78 is 26.4. The van der Waals surface area contributed by atoms with Crippen LogP contribution >= 0.6 is 0 Å². The van der Waals surface area contributed by atoms with Crippen molar-refractivity contribution >= 4 is 21.6 Å². The predicted octanol–water partition coefficient (Wildman–Crippen LogP) is 4.21. The monoisotopic (exact) mass is 428 g/mol. The first kappa shape index (κ1) is 22.3. The van der Waals surface area contributed by atoms with Gasteiger partial charge in [0.25, 0.3) is 0 Å². The molecule has 0 saturated carbocycles. The summed E-state index contributed by atoms with van der Waals surface area (Å²) in [6.07, 6.45) is 5.77. The van der Waals surface area contributed by atoms with Crippen molar-refractivity contribution in [2.45, 2.75) is 65.5 Å². The van der Waals surface area contributed by atoms with Crippen LogP contribution in [0.15, 0.2) is 36.4 Å². The van der Waals surface area contributed by atoms with Crippen molar-refractivity contribution in [3.05, 3.63) is 64.2 Å². The molecule has 0 saturated heterocycles. The molecule has 1 amide bonds. The molecule has 2 aromatic rings. The second-order valence-corrected chi connectivity index (χ2v) is 10.3. The summed E-state index contributed by atoms with van der Waals surface area (Å²) in [5.41, 5.74) is 6.11. The number of amides is 1. The Bertz CT molecular complexity index is 1050. The zero-order valence-corrected chi connectivity index (χ0v) is 19.3. The first-order chi connectivity index (χ1) is 14.1. The zero-order valence-electron chi connectivity index (χ0n) is 18.5. The van der Waals surface area contributed by atoms with Crippen molar-refractivity contribution in [1.82, 2.24) is 5.32 Å². The Morgan fingerprint density at radius 1 is 1.00 bits per heavy atom. The number of carbonyl (C=O) groups is 1. The molecule has 2 atom stereocenters. The molecule has 0 radical (unpaired) electrons. The molecule has 0 unspecified atom stereocenters. The van der Waals surface area contributed by atoms with Gasteiger partial charge in [0.2, 0.25) is 15.9 Å². The molecular formula is C24H32N2O3S. The Hall–Kier alpha value is -2.34. The van der Waals surface area contributed by atoms with Crippen molar-refractivity contribution in [3.8, 4) is 0 Å². The van der Waals surface area contributed by atoms with Crippen LogP contribution in [0.5, 0.6) is 0 Å². The summed E-state index contributed by atoms with van der Waals surface area (Å²) in [6, 6.07) is 11.0. The molecule has 30 heavy (non-hydrogen) atoms. The minimum absolute atomic E-state index is 0.202. The van der Waals surface area contributed by atoms with Gasteiger partial charge in [-0.2, -0.15) is 0 Å². The number of hydrogen-bond donors (Lipinski definition) is 1. The largest absolute Gasteiger partial charge is 0.348 e. The second kappa shape index (κ2) is 8.80. The molecule has 0 fully saturated rings. The molecule has 5 nitrogen and oxygen atoms in total. The van der Waals surface area contributed by atoms with E-state index in [4.69, 9.17) is 0 Å². The summed E-state index contributed by atoms with van der Waals surface area (Å²) in [4.78, 5) is 13.1. The number of sulfonamides is 1. The van der Waals surface area contributed by atoms with Gasteiger partial charge < -0.3 is 5.32 Å². The van der Waals surface area contributed by atoms with Gasteiger partial charge in [0.1, 0.15) is 6.04 Å². The van der Waals surface area contributed by atoms with Crippen molar-refractivity contribution in [1.29, 1.82) is 0 Å². The molecule has 2 aromatic carbocycles. The minimum Gasteiger partial charge on any atom is -0.348 e. The average Bonchev–Trinajstić information content (AvgIpc) is 2.69. The molecular weight excluding hydrogens is 396 g/mol. The quantitative estimate of drug-likeness (QED) is 0.749. The highest BCUT2D eigenvalue weighted by Gasteiger charge is 2.31. The number of carbonyl (C=O) groups excluding carboxylic acids is 1. The van der Waals surface area contributed by atoms with E-state index in [0.717, 1.165) is 35.8 Å². The average molecular weight is 429 g/mol. The number of fused-ring (bicyclic) bond motifs is 1. The van der Waals surface area contributed by atoms with Crippen LogP contribution < -0.4 is 9.62 Å². The molecule has 0 aromatic heterocycles. The van der Waals surface area contributed by atoms with Gasteiger partial charge in [-0.05, 0) is 87.3 Å². The third-order valence-electron chi connectivity index (χ3n) is 5.92. The SMILES string of the molecule is Cc1ccc(C)c(N([C@@H](C)C(=O)N[C@H](C)c2ccc3c(c2)CCCC3)S(C)(=O)=O)c1. The maximum atomic E-state index is 13.1. The van der Waals surface area contributed by atoms with E-state index in [1.165, 1.54) is 28.3 Å². The maximum Gasteiger partial charge on any atom is 0.244 e. The van der Waals surface area contributed by atoms with Crippen molar-refractivity contribution in [2.75, 3.05) is 10.6 Å². The minimum atomic E-state index is -3.64. The summed E-state index contributed by atoms with van der Waals surface area (Å²) in [5, 5.41) is 3.01. The highest BCUT2D eigenvalue weighted by molar-refractivity contribution is 7.92. The Labute approximate surface area is 180 Å². The Morgan fingerprint density at radius 3 is 2.33 bits per heavy atom. The van der Waals surface area contributed by atoms with E-state index in [0.29, 0.717) is 5.69 Å². The molecule has 6 heteroatoms. The van der Waals surface area contributed by atoms with Gasteiger partial charge in [0.15, 0.2) is 0 Å². The Morgan fingerprint density at radius 2 is 1.67 bits per heavy atom. The van der Waals surface area contributed by atoms with Crippen LogP contribution in [-0.4, -0.2) is 26.6 Å². The van der Waals surface area contributed by atoms with E-state index in [-0.39, 0.29) is 11.9 Å². The third-order valence-corrected chi connectivity index (χ3v) is 7.15. The molecule has 1 N–H and O–H groups in total. The van der Waals surface area contributed by atoms with Gasteiger partial charge in [0, 0.05) is 0 Å². The number of nitrogens with one attached hydrogen (secondary N) is 1. The molecule has 1 aliphatic rings. The fourth-order valence-electron chi connectivity index (χ4n) is 4.18. The zero-order chi connectivity index (χ0) is 22.1. The van der Waals surface area contributed by atoms with Gasteiger partial charge in [-0.25, -0.2) is 8.42 Å². The van der Waals surface area contributed by atoms with E-state index >= 15 is 0 Å². The highest BCUT2D eigenvalue weighted by Crippen LogP contribution is 2.28. The molecule has 0 spiro atoms. The van der Waals surface area contributed by atoms with Crippen molar-refractivity contribution < 1.29 is 13.2 Å². The number of anilines is 1. The van der Waals surface area contributed by atoms with Gasteiger partial charge in [0.05, 0.1) is 18.0 Å². The van der Waals surface area contributed by atoms with Crippen LogP contribution in [0.25, 0.3) is 0 Å². The second-order valence-electron chi connectivity index (χ2n) is 8.49. The van der Waals surface area contributed by atoms with Crippen molar-refractivity contribution in [3.63, 3.8) is 0 Å². The van der Waals surface area contributed by atoms with Crippen LogP contribution in [0.2, 0.25) is 0 Å². The van der Waals surface area contributed by atoms with Gasteiger partial charge in [-0.1, -0.05) is 30.3 Å². The third kappa shape index (κ3) is 4.86. The number of rotatable bonds is 6. The van der Waals surface area contributed by atoms with E-state index in [2.05, 4.69) is 23.5 Å². The molecule has 0 bridgehead atoms. The number of aryl methyl sites for hydroxylation is 4. The summed E-state index contributed by atoms with van der Waals surface area (Å²) in [5.74, 6) is -0.313. The Balaban J connectivity index is 1.83. The fraction of sp³-hybridized carbons (Fsp3) is 0.458. The van der Waals surface area contributed by atoms with Gasteiger partial charge >= 0.3 is 0 Å². The Kier molecular flexibility index (Phi) is 6.56. The molecule has 0 aliphatic heterocycles. The lowest BCUT2D eigenvalue weighted by Gasteiger charge is -2.30. The smallest absolute Gasteiger partial charge is 0.244 e. The van der Waals surface area contributed by atoms with E-state index in [1.807, 2.05) is 39.0 Å². The number of hydrogen-bond acceptors (Lipinski definition) is 3. The lowest BCUT2D eigenvalue weighted by Crippen LogP contribution is -2.48. The van der Waals surface area contributed by atoms with Crippen LogP contribution in [0, 0.1) is 13.8 Å². The van der Waals surface area contributed by atoms with Gasteiger partial charge in [-0.15, -0.1) is 0 Å². The van der Waals surface area contributed by atoms with Crippen LogP contribution in [-0.2, 0) is 27.7 Å². The molecule has 1 aliphatic carbocycles.